The maximum atomic E-state index is 2.37. The van der Waals surface area contributed by atoms with Crippen LogP contribution in [0.1, 0.15) is 25.0 Å². The molecule has 0 aromatic heterocycles. The summed E-state index contributed by atoms with van der Waals surface area (Å²) in [6, 6.07) is 43.9. The van der Waals surface area contributed by atoms with Crippen LogP contribution in [-0.4, -0.2) is 7.05 Å². The van der Waals surface area contributed by atoms with Gasteiger partial charge in [-0.15, -0.1) is 0 Å². The fourth-order valence-electron chi connectivity index (χ4n) is 5.54. The molecule has 1 aliphatic rings. The van der Waals surface area contributed by atoms with E-state index in [2.05, 4.69) is 147 Å². The SMILES string of the molecule is CN(c1cccc(-c2ccccc2-c2ccccc2)c1)c1ccc2c(c1)C(C)(C)c1ccccc1-2. The van der Waals surface area contributed by atoms with Crippen molar-refractivity contribution in [3.8, 4) is 33.4 Å². The fourth-order valence-corrected chi connectivity index (χ4v) is 5.54. The van der Waals surface area contributed by atoms with Gasteiger partial charge >= 0.3 is 0 Å². The van der Waals surface area contributed by atoms with Crippen LogP contribution in [0.2, 0.25) is 0 Å². The monoisotopic (exact) mass is 451 g/mol. The molecule has 0 amide bonds. The van der Waals surface area contributed by atoms with Crippen molar-refractivity contribution >= 4 is 11.4 Å². The van der Waals surface area contributed by atoms with Gasteiger partial charge in [0.2, 0.25) is 0 Å². The molecule has 0 aliphatic heterocycles. The highest BCUT2D eigenvalue weighted by Gasteiger charge is 2.35. The van der Waals surface area contributed by atoms with Gasteiger partial charge in [0, 0.05) is 23.8 Å². The van der Waals surface area contributed by atoms with Crippen LogP contribution in [0.4, 0.5) is 11.4 Å². The summed E-state index contributed by atoms with van der Waals surface area (Å²) < 4.78 is 0. The molecule has 5 aromatic rings. The van der Waals surface area contributed by atoms with Crippen molar-refractivity contribution in [3.63, 3.8) is 0 Å². The number of hydrogen-bond acceptors (Lipinski definition) is 1. The van der Waals surface area contributed by atoms with Crippen molar-refractivity contribution in [1.82, 2.24) is 0 Å². The lowest BCUT2D eigenvalue weighted by Crippen LogP contribution is -2.16. The van der Waals surface area contributed by atoms with Crippen LogP contribution in [0.3, 0.4) is 0 Å². The molecule has 170 valence electrons. The summed E-state index contributed by atoms with van der Waals surface area (Å²) in [5.74, 6) is 0. The molecule has 0 unspecified atom stereocenters. The first-order valence-electron chi connectivity index (χ1n) is 12.3. The molecule has 1 nitrogen and oxygen atoms in total. The highest BCUT2D eigenvalue weighted by Crippen LogP contribution is 2.49. The van der Waals surface area contributed by atoms with Gasteiger partial charge in [0.15, 0.2) is 0 Å². The molecule has 0 bridgehead atoms. The molecular weight excluding hydrogens is 422 g/mol. The van der Waals surface area contributed by atoms with E-state index < -0.39 is 0 Å². The molecule has 1 aliphatic carbocycles. The van der Waals surface area contributed by atoms with E-state index in [0.717, 1.165) is 0 Å². The molecule has 0 heterocycles. The van der Waals surface area contributed by atoms with Gasteiger partial charge in [-0.05, 0) is 68.8 Å². The van der Waals surface area contributed by atoms with E-state index in [1.54, 1.807) is 0 Å². The molecule has 0 N–H and O–H groups in total. The minimum atomic E-state index is -0.000746. The Morgan fingerprint density at radius 3 is 1.80 bits per heavy atom. The third-order valence-corrected chi connectivity index (χ3v) is 7.51. The second-order valence-electron chi connectivity index (χ2n) is 9.92. The lowest BCUT2D eigenvalue weighted by atomic mass is 9.82. The quantitative estimate of drug-likeness (QED) is 0.263. The summed E-state index contributed by atoms with van der Waals surface area (Å²) in [6.07, 6.45) is 0. The van der Waals surface area contributed by atoms with Gasteiger partial charge in [-0.2, -0.15) is 0 Å². The zero-order valence-electron chi connectivity index (χ0n) is 20.5. The number of benzene rings is 5. The second kappa shape index (κ2) is 8.29. The molecule has 5 aromatic carbocycles. The van der Waals surface area contributed by atoms with Crippen molar-refractivity contribution in [2.45, 2.75) is 19.3 Å². The zero-order valence-corrected chi connectivity index (χ0v) is 20.5. The van der Waals surface area contributed by atoms with Crippen LogP contribution < -0.4 is 4.90 Å². The number of hydrogen-bond donors (Lipinski definition) is 0. The molecule has 0 fully saturated rings. The molecule has 6 rings (SSSR count). The van der Waals surface area contributed by atoms with Gasteiger partial charge in [-0.1, -0.05) is 111 Å². The van der Waals surface area contributed by atoms with E-state index in [1.807, 2.05) is 0 Å². The summed E-state index contributed by atoms with van der Waals surface area (Å²) in [5.41, 5.74) is 12.9. The second-order valence-corrected chi connectivity index (χ2v) is 9.92. The first-order chi connectivity index (χ1) is 17.0. The average Bonchev–Trinajstić information content (AvgIpc) is 3.15. The normalized spacial score (nSPS) is 13.2. The topological polar surface area (TPSA) is 3.24 Å². The molecule has 35 heavy (non-hydrogen) atoms. The van der Waals surface area contributed by atoms with Crippen molar-refractivity contribution in [1.29, 1.82) is 0 Å². The lowest BCUT2D eigenvalue weighted by molar-refractivity contribution is 0.660. The predicted molar refractivity (Wildman–Crippen MR) is 149 cm³/mol. The summed E-state index contributed by atoms with van der Waals surface area (Å²) in [6.45, 7) is 4.67. The maximum Gasteiger partial charge on any atom is 0.0414 e. The summed E-state index contributed by atoms with van der Waals surface area (Å²) >= 11 is 0. The predicted octanol–water partition coefficient (Wildman–Crippen LogP) is 9.09. The Balaban J connectivity index is 1.39. The Morgan fingerprint density at radius 2 is 1.03 bits per heavy atom. The molecule has 0 spiro atoms. The fraction of sp³-hybridized carbons (Fsp3) is 0.118. The molecule has 0 saturated heterocycles. The Morgan fingerprint density at radius 1 is 0.457 bits per heavy atom. The first-order valence-corrected chi connectivity index (χ1v) is 12.3. The third kappa shape index (κ3) is 3.56. The van der Waals surface area contributed by atoms with Crippen LogP contribution in [0.5, 0.6) is 0 Å². The maximum absolute atomic E-state index is 2.37. The third-order valence-electron chi connectivity index (χ3n) is 7.51. The van der Waals surface area contributed by atoms with Gasteiger partial charge in [-0.3, -0.25) is 0 Å². The largest absolute Gasteiger partial charge is 0.345 e. The molecular formula is C34H29N. The Bertz CT molecular complexity index is 1530. The smallest absolute Gasteiger partial charge is 0.0414 e. The molecule has 0 saturated carbocycles. The van der Waals surface area contributed by atoms with E-state index in [1.165, 1.54) is 55.9 Å². The number of anilines is 2. The number of rotatable bonds is 4. The van der Waals surface area contributed by atoms with Gasteiger partial charge in [0.05, 0.1) is 0 Å². The molecule has 1 heteroatoms. The summed E-state index contributed by atoms with van der Waals surface area (Å²) in [4.78, 5) is 2.30. The minimum Gasteiger partial charge on any atom is -0.345 e. The van der Waals surface area contributed by atoms with Crippen molar-refractivity contribution in [2.24, 2.45) is 0 Å². The standard InChI is InChI=1S/C34H29N/c1-34(2)32-19-10-9-18-30(32)31-21-20-27(23-33(31)34)35(3)26-15-11-14-25(22-26)29-17-8-7-16-28(29)24-12-5-4-6-13-24/h4-23H,1-3H3. The van der Waals surface area contributed by atoms with Crippen LogP contribution in [0.15, 0.2) is 121 Å². The number of fused-ring (bicyclic) bond motifs is 3. The minimum absolute atomic E-state index is 0.000746. The highest BCUT2D eigenvalue weighted by atomic mass is 15.1. The highest BCUT2D eigenvalue weighted by molar-refractivity contribution is 5.86. The average molecular weight is 452 g/mol. The van der Waals surface area contributed by atoms with Gasteiger partial charge in [0.1, 0.15) is 0 Å². The van der Waals surface area contributed by atoms with E-state index in [4.69, 9.17) is 0 Å². The lowest BCUT2D eigenvalue weighted by Gasteiger charge is -2.25. The number of nitrogens with zero attached hydrogens (tertiary/aromatic N) is 1. The Labute approximate surface area is 208 Å². The van der Waals surface area contributed by atoms with E-state index >= 15 is 0 Å². The van der Waals surface area contributed by atoms with Crippen molar-refractivity contribution in [3.05, 3.63) is 132 Å². The van der Waals surface area contributed by atoms with E-state index in [9.17, 15) is 0 Å². The van der Waals surface area contributed by atoms with Gasteiger partial charge < -0.3 is 4.90 Å². The van der Waals surface area contributed by atoms with E-state index in [-0.39, 0.29) is 5.41 Å². The molecule has 0 atom stereocenters. The summed E-state index contributed by atoms with van der Waals surface area (Å²) in [5, 5.41) is 0. The summed E-state index contributed by atoms with van der Waals surface area (Å²) in [7, 11) is 2.17. The van der Waals surface area contributed by atoms with Crippen molar-refractivity contribution in [2.75, 3.05) is 11.9 Å². The van der Waals surface area contributed by atoms with Crippen LogP contribution in [-0.2, 0) is 5.41 Å². The van der Waals surface area contributed by atoms with Crippen LogP contribution >= 0.6 is 0 Å². The first kappa shape index (κ1) is 21.4. The van der Waals surface area contributed by atoms with Crippen molar-refractivity contribution < 1.29 is 0 Å². The van der Waals surface area contributed by atoms with Gasteiger partial charge in [0.25, 0.3) is 0 Å². The van der Waals surface area contributed by atoms with Crippen LogP contribution in [0.25, 0.3) is 33.4 Å². The zero-order chi connectivity index (χ0) is 24.0. The Hall–Kier alpha value is -4.10. The van der Waals surface area contributed by atoms with Gasteiger partial charge in [-0.25, -0.2) is 0 Å². The van der Waals surface area contributed by atoms with E-state index in [0.29, 0.717) is 0 Å². The Kier molecular flexibility index (Phi) is 5.07. The van der Waals surface area contributed by atoms with Crippen LogP contribution in [0, 0.1) is 0 Å². The molecule has 0 radical (unpaired) electrons.